The smallest absolute Gasteiger partial charge is 0.327 e. The van der Waals surface area contributed by atoms with Gasteiger partial charge in [-0.15, -0.1) is 0 Å². The van der Waals surface area contributed by atoms with Crippen molar-refractivity contribution in [2.75, 3.05) is 6.54 Å². The molecule has 146 valence electrons. The van der Waals surface area contributed by atoms with Gasteiger partial charge >= 0.3 is 6.03 Å². The van der Waals surface area contributed by atoms with Crippen LogP contribution in [0.4, 0.5) is 4.79 Å². The Labute approximate surface area is 170 Å². The van der Waals surface area contributed by atoms with Crippen LogP contribution in [0.1, 0.15) is 37.9 Å². The Balaban J connectivity index is 1.42. The molecule has 0 unspecified atom stereocenters. The van der Waals surface area contributed by atoms with Crippen molar-refractivity contribution in [3.8, 4) is 0 Å². The molecule has 2 amide bonds. The van der Waals surface area contributed by atoms with Gasteiger partial charge in [0.2, 0.25) is 0 Å². The third-order valence-electron chi connectivity index (χ3n) is 5.30. The Bertz CT molecular complexity index is 872. The SMILES string of the molecule is O=C(NSc1ccccc1)N(CCc1nc2ccccc2[nH]1)C1CCCCC1. The molecule has 6 heteroatoms. The molecule has 1 heterocycles. The molecule has 2 aromatic carbocycles. The molecule has 1 saturated carbocycles. The van der Waals surface area contributed by atoms with Crippen molar-refractivity contribution in [2.24, 2.45) is 0 Å². The van der Waals surface area contributed by atoms with E-state index in [2.05, 4.69) is 14.7 Å². The van der Waals surface area contributed by atoms with Gasteiger partial charge in [-0.1, -0.05) is 49.6 Å². The summed E-state index contributed by atoms with van der Waals surface area (Å²) < 4.78 is 3.03. The first kappa shape index (κ1) is 18.9. The number of aromatic amines is 1. The Morgan fingerprint density at radius 2 is 1.82 bits per heavy atom. The van der Waals surface area contributed by atoms with Crippen LogP contribution < -0.4 is 4.72 Å². The highest BCUT2D eigenvalue weighted by Gasteiger charge is 2.25. The maximum absolute atomic E-state index is 13.0. The quantitative estimate of drug-likeness (QED) is 0.568. The summed E-state index contributed by atoms with van der Waals surface area (Å²) in [5, 5.41) is 0. The maximum atomic E-state index is 13.0. The van der Waals surface area contributed by atoms with E-state index in [-0.39, 0.29) is 6.03 Å². The molecule has 4 rings (SSSR count). The average Bonchev–Trinajstić information content (AvgIpc) is 3.17. The van der Waals surface area contributed by atoms with Crippen LogP contribution in [-0.2, 0) is 6.42 Å². The number of nitrogens with zero attached hydrogens (tertiary/aromatic N) is 2. The van der Waals surface area contributed by atoms with Crippen molar-refractivity contribution in [3.63, 3.8) is 0 Å². The number of carbonyl (C=O) groups excluding carboxylic acids is 1. The van der Waals surface area contributed by atoms with E-state index in [1.54, 1.807) is 0 Å². The zero-order valence-corrected chi connectivity index (χ0v) is 16.8. The number of para-hydroxylation sites is 2. The van der Waals surface area contributed by atoms with Crippen LogP contribution in [0.5, 0.6) is 0 Å². The number of urea groups is 1. The molecule has 0 bridgehead atoms. The molecule has 3 aromatic rings. The summed E-state index contributed by atoms with van der Waals surface area (Å²) in [5.41, 5.74) is 2.02. The van der Waals surface area contributed by atoms with Crippen LogP contribution in [0.25, 0.3) is 11.0 Å². The van der Waals surface area contributed by atoms with Crippen LogP contribution in [0.3, 0.4) is 0 Å². The minimum absolute atomic E-state index is 0.00290. The largest absolute Gasteiger partial charge is 0.342 e. The molecular weight excluding hydrogens is 368 g/mol. The van der Waals surface area contributed by atoms with Gasteiger partial charge in [0.1, 0.15) is 5.82 Å². The van der Waals surface area contributed by atoms with Gasteiger partial charge in [0.05, 0.1) is 11.0 Å². The fraction of sp³-hybridized carbons (Fsp3) is 0.364. The summed E-state index contributed by atoms with van der Waals surface area (Å²) in [6.45, 7) is 0.672. The normalized spacial score (nSPS) is 14.9. The molecule has 0 spiro atoms. The van der Waals surface area contributed by atoms with E-state index in [1.165, 1.54) is 31.2 Å². The highest BCUT2D eigenvalue weighted by molar-refractivity contribution is 7.98. The predicted molar refractivity (Wildman–Crippen MR) is 114 cm³/mol. The number of imidazole rings is 1. The lowest BCUT2D eigenvalue weighted by molar-refractivity contribution is 0.161. The number of carbonyl (C=O) groups is 1. The zero-order chi connectivity index (χ0) is 19.2. The molecule has 1 aliphatic rings. The number of aromatic nitrogens is 2. The zero-order valence-electron chi connectivity index (χ0n) is 15.9. The van der Waals surface area contributed by atoms with Crippen molar-refractivity contribution in [1.82, 2.24) is 19.6 Å². The second-order valence-electron chi connectivity index (χ2n) is 7.26. The van der Waals surface area contributed by atoms with Crippen LogP contribution in [0.15, 0.2) is 59.5 Å². The first-order valence-corrected chi connectivity index (χ1v) is 10.8. The number of nitrogens with one attached hydrogen (secondary N) is 2. The second-order valence-corrected chi connectivity index (χ2v) is 8.14. The summed E-state index contributed by atoms with van der Waals surface area (Å²) in [6, 6.07) is 18.3. The molecule has 0 radical (unpaired) electrons. The molecule has 2 N–H and O–H groups in total. The Hall–Kier alpha value is -2.47. The molecule has 1 aliphatic carbocycles. The van der Waals surface area contributed by atoms with Gasteiger partial charge in [-0.25, -0.2) is 9.78 Å². The van der Waals surface area contributed by atoms with Gasteiger partial charge in [-0.05, 0) is 49.1 Å². The van der Waals surface area contributed by atoms with E-state index in [0.717, 1.165) is 41.0 Å². The standard InChI is InChI=1S/C22H26N4OS/c27-22(25-28-18-11-5-2-6-12-18)26(17-9-3-1-4-10-17)16-15-21-23-19-13-7-8-14-20(19)24-21/h2,5-8,11-14,17H,1,3-4,9-10,15-16H2,(H,23,24)(H,25,27). The number of benzene rings is 2. The van der Waals surface area contributed by atoms with Crippen molar-refractivity contribution < 1.29 is 4.79 Å². The Kier molecular flexibility index (Phi) is 6.17. The van der Waals surface area contributed by atoms with E-state index in [4.69, 9.17) is 0 Å². The molecule has 1 fully saturated rings. The van der Waals surface area contributed by atoms with Crippen molar-refractivity contribution in [2.45, 2.75) is 49.5 Å². The molecule has 0 atom stereocenters. The number of H-pyrrole nitrogens is 1. The average molecular weight is 395 g/mol. The monoisotopic (exact) mass is 394 g/mol. The first-order chi connectivity index (χ1) is 13.8. The highest BCUT2D eigenvalue weighted by Crippen LogP contribution is 2.24. The third-order valence-corrected chi connectivity index (χ3v) is 6.09. The van der Waals surface area contributed by atoms with Gasteiger partial charge in [-0.2, -0.15) is 0 Å². The Morgan fingerprint density at radius 1 is 1.07 bits per heavy atom. The van der Waals surface area contributed by atoms with Crippen LogP contribution >= 0.6 is 11.9 Å². The summed E-state index contributed by atoms with van der Waals surface area (Å²) in [4.78, 5) is 24.1. The van der Waals surface area contributed by atoms with Gasteiger partial charge in [0, 0.05) is 23.9 Å². The fourth-order valence-electron chi connectivity index (χ4n) is 3.84. The molecule has 5 nitrogen and oxygen atoms in total. The molecule has 0 saturated heterocycles. The van der Waals surface area contributed by atoms with Crippen molar-refractivity contribution >= 4 is 29.0 Å². The van der Waals surface area contributed by atoms with Crippen molar-refractivity contribution in [1.29, 1.82) is 0 Å². The van der Waals surface area contributed by atoms with E-state index in [9.17, 15) is 4.79 Å². The van der Waals surface area contributed by atoms with Crippen LogP contribution in [-0.4, -0.2) is 33.5 Å². The minimum Gasteiger partial charge on any atom is -0.342 e. The number of hydrogen-bond donors (Lipinski definition) is 2. The molecule has 28 heavy (non-hydrogen) atoms. The third kappa shape index (κ3) is 4.68. The summed E-state index contributed by atoms with van der Waals surface area (Å²) in [5.74, 6) is 0.936. The lowest BCUT2D eigenvalue weighted by Crippen LogP contribution is -2.46. The number of rotatable bonds is 6. The van der Waals surface area contributed by atoms with E-state index in [1.807, 2.05) is 59.5 Å². The van der Waals surface area contributed by atoms with E-state index >= 15 is 0 Å². The molecular formula is C22H26N4OS. The first-order valence-electron chi connectivity index (χ1n) is 10.0. The topological polar surface area (TPSA) is 61.0 Å². The fourth-order valence-corrected chi connectivity index (χ4v) is 4.46. The summed E-state index contributed by atoms with van der Waals surface area (Å²) >= 11 is 1.38. The van der Waals surface area contributed by atoms with Crippen molar-refractivity contribution in [3.05, 3.63) is 60.4 Å². The predicted octanol–water partition coefficient (Wildman–Crippen LogP) is 5.16. The highest BCUT2D eigenvalue weighted by atomic mass is 32.2. The summed E-state index contributed by atoms with van der Waals surface area (Å²) in [7, 11) is 0. The van der Waals surface area contributed by atoms with Crippen LogP contribution in [0.2, 0.25) is 0 Å². The Morgan fingerprint density at radius 3 is 2.61 bits per heavy atom. The van der Waals surface area contributed by atoms with E-state index in [0.29, 0.717) is 12.6 Å². The number of amides is 2. The van der Waals surface area contributed by atoms with Gasteiger partial charge in [0.25, 0.3) is 0 Å². The lowest BCUT2D eigenvalue weighted by Gasteiger charge is -2.34. The second kappa shape index (κ2) is 9.15. The number of fused-ring (bicyclic) bond motifs is 1. The summed E-state index contributed by atoms with van der Waals surface area (Å²) in [6.07, 6.45) is 6.58. The van der Waals surface area contributed by atoms with E-state index < -0.39 is 0 Å². The molecule has 0 aliphatic heterocycles. The van der Waals surface area contributed by atoms with Gasteiger partial charge in [-0.3, -0.25) is 4.72 Å². The number of hydrogen-bond acceptors (Lipinski definition) is 3. The maximum Gasteiger partial charge on any atom is 0.327 e. The lowest BCUT2D eigenvalue weighted by atomic mass is 9.94. The van der Waals surface area contributed by atoms with Crippen LogP contribution in [0, 0.1) is 0 Å². The minimum atomic E-state index is -0.00290. The molecule has 1 aromatic heterocycles. The van der Waals surface area contributed by atoms with Gasteiger partial charge < -0.3 is 9.88 Å². The van der Waals surface area contributed by atoms with Gasteiger partial charge in [0.15, 0.2) is 0 Å².